The summed E-state index contributed by atoms with van der Waals surface area (Å²) in [5.74, 6) is 0.781. The van der Waals surface area contributed by atoms with Crippen LogP contribution in [0.3, 0.4) is 0 Å². The zero-order valence-electron chi connectivity index (χ0n) is 21.0. The van der Waals surface area contributed by atoms with Crippen LogP contribution >= 0.6 is 0 Å². The van der Waals surface area contributed by atoms with E-state index >= 15 is 0 Å². The van der Waals surface area contributed by atoms with Crippen molar-refractivity contribution in [2.75, 3.05) is 31.1 Å². The van der Waals surface area contributed by atoms with Crippen LogP contribution in [0.15, 0.2) is 53.3 Å². The Morgan fingerprint density at radius 1 is 0.972 bits per heavy atom. The van der Waals surface area contributed by atoms with Crippen molar-refractivity contribution in [1.82, 2.24) is 30.1 Å². The molecular weight excluding hydrogens is 450 g/mol. The van der Waals surface area contributed by atoms with E-state index in [4.69, 9.17) is 0 Å². The highest BCUT2D eigenvalue weighted by Gasteiger charge is 2.34. The number of nitrogens with one attached hydrogen (secondary N) is 1. The summed E-state index contributed by atoms with van der Waals surface area (Å²) in [6.45, 7) is 7.55. The molecule has 1 saturated carbocycles. The van der Waals surface area contributed by atoms with Crippen LogP contribution in [0.25, 0.3) is 10.9 Å². The third kappa shape index (κ3) is 4.09. The van der Waals surface area contributed by atoms with Crippen molar-refractivity contribution >= 4 is 16.6 Å². The van der Waals surface area contributed by atoms with Crippen LogP contribution in [-0.4, -0.2) is 56.3 Å². The summed E-state index contributed by atoms with van der Waals surface area (Å²) in [7, 11) is 0. The monoisotopic (exact) mass is 483 g/mol. The van der Waals surface area contributed by atoms with Gasteiger partial charge >= 0.3 is 0 Å². The molecule has 2 fully saturated rings. The second-order valence-electron chi connectivity index (χ2n) is 10.2. The van der Waals surface area contributed by atoms with Crippen molar-refractivity contribution in [3.05, 3.63) is 81.4 Å². The number of nitrogens with zero attached hydrogens (tertiary/aromatic N) is 6. The van der Waals surface area contributed by atoms with E-state index in [2.05, 4.69) is 86.6 Å². The summed E-state index contributed by atoms with van der Waals surface area (Å²) in [5.41, 5.74) is 5.08. The summed E-state index contributed by atoms with van der Waals surface area (Å²) in [5, 5.41) is 14.1. The highest BCUT2D eigenvalue weighted by molar-refractivity contribution is 5.83. The third-order valence-electron chi connectivity index (χ3n) is 8.11. The van der Waals surface area contributed by atoms with Gasteiger partial charge in [-0.05, 0) is 71.8 Å². The molecule has 0 amide bonds. The number of H-pyrrole nitrogens is 1. The zero-order valence-corrected chi connectivity index (χ0v) is 21.0. The molecule has 2 aromatic heterocycles. The van der Waals surface area contributed by atoms with E-state index < -0.39 is 0 Å². The van der Waals surface area contributed by atoms with E-state index in [1.807, 2.05) is 10.7 Å². The molecule has 2 aliphatic rings. The van der Waals surface area contributed by atoms with Gasteiger partial charge in [-0.3, -0.25) is 9.69 Å². The number of aryl methyl sites for hydroxylation is 2. The number of piperazine rings is 1. The number of para-hydroxylation sites is 1. The topological polar surface area (TPSA) is 82.9 Å². The summed E-state index contributed by atoms with van der Waals surface area (Å²) in [6, 6.07) is 16.8. The van der Waals surface area contributed by atoms with E-state index in [0.717, 1.165) is 61.3 Å². The lowest BCUT2D eigenvalue weighted by atomic mass is 9.99. The molecule has 2 aromatic carbocycles. The van der Waals surface area contributed by atoms with Gasteiger partial charge in [0.05, 0.1) is 11.6 Å². The zero-order chi connectivity index (χ0) is 24.6. The van der Waals surface area contributed by atoms with E-state index in [1.165, 1.54) is 24.1 Å². The molecule has 4 aromatic rings. The normalized spacial score (nSPS) is 18.2. The minimum atomic E-state index is -0.298. The van der Waals surface area contributed by atoms with Gasteiger partial charge in [0.1, 0.15) is 6.04 Å². The summed E-state index contributed by atoms with van der Waals surface area (Å²) >= 11 is 0. The summed E-state index contributed by atoms with van der Waals surface area (Å²) in [6.07, 6.45) is 4.55. The average molecular weight is 484 g/mol. The van der Waals surface area contributed by atoms with Crippen molar-refractivity contribution in [2.45, 2.75) is 51.6 Å². The fourth-order valence-electron chi connectivity index (χ4n) is 5.91. The number of rotatable bonds is 5. The van der Waals surface area contributed by atoms with Crippen molar-refractivity contribution in [3.8, 4) is 0 Å². The van der Waals surface area contributed by atoms with Crippen molar-refractivity contribution in [3.63, 3.8) is 0 Å². The van der Waals surface area contributed by atoms with E-state index in [1.54, 1.807) is 0 Å². The van der Waals surface area contributed by atoms with E-state index in [9.17, 15) is 4.79 Å². The molecule has 1 atom stereocenters. The Labute approximate surface area is 210 Å². The van der Waals surface area contributed by atoms with Crippen LogP contribution in [0.4, 0.5) is 5.69 Å². The maximum absolute atomic E-state index is 13.6. The quantitative estimate of drug-likeness (QED) is 0.459. The Hall–Kier alpha value is -3.52. The number of fused-ring (bicyclic) bond motifs is 1. The Balaban J connectivity index is 1.41. The van der Waals surface area contributed by atoms with Gasteiger partial charge in [-0.15, -0.1) is 5.10 Å². The van der Waals surface area contributed by atoms with Gasteiger partial charge in [-0.1, -0.05) is 43.2 Å². The average Bonchev–Trinajstić information content (AvgIpc) is 3.61. The van der Waals surface area contributed by atoms with Gasteiger partial charge in [0.2, 0.25) is 0 Å². The lowest BCUT2D eigenvalue weighted by Gasteiger charge is -2.39. The van der Waals surface area contributed by atoms with Crippen LogP contribution in [0.2, 0.25) is 0 Å². The first kappa shape index (κ1) is 22.9. The van der Waals surface area contributed by atoms with Crippen LogP contribution in [0, 0.1) is 13.8 Å². The molecule has 8 heteroatoms. The maximum Gasteiger partial charge on any atom is 0.253 e. The molecule has 186 valence electrons. The SMILES string of the molecule is Cc1ccc2cc([C@@H](c3nnnn3C3CCCC3)N3CCN(c4ccccc4)CC3)c(=O)[nH]c2c1C. The molecule has 6 rings (SSSR count). The Morgan fingerprint density at radius 2 is 1.72 bits per heavy atom. The fraction of sp³-hybridized carbons (Fsp3) is 0.429. The highest BCUT2D eigenvalue weighted by Crippen LogP contribution is 2.34. The molecular formula is C28H33N7O. The standard InChI is InChI=1S/C28H33N7O/c1-19-12-13-21-18-24(28(36)29-25(21)20(19)2)26(27-30-31-32-35(27)23-10-6-7-11-23)34-16-14-33(15-17-34)22-8-4-3-5-9-22/h3-5,8-9,12-13,18,23,26H,6-7,10-11,14-17H2,1-2H3,(H,29,36)/t26-/m0/s1. The van der Waals surface area contributed by atoms with Gasteiger partial charge < -0.3 is 9.88 Å². The number of hydrogen-bond donors (Lipinski definition) is 1. The number of pyridine rings is 1. The molecule has 1 aliphatic carbocycles. The Bertz CT molecular complexity index is 1410. The second-order valence-corrected chi connectivity index (χ2v) is 10.2. The van der Waals surface area contributed by atoms with Gasteiger partial charge in [0, 0.05) is 37.4 Å². The third-order valence-corrected chi connectivity index (χ3v) is 8.11. The van der Waals surface area contributed by atoms with Gasteiger partial charge in [-0.2, -0.15) is 0 Å². The van der Waals surface area contributed by atoms with Crippen molar-refractivity contribution < 1.29 is 0 Å². The van der Waals surface area contributed by atoms with E-state index in [-0.39, 0.29) is 11.6 Å². The lowest BCUT2D eigenvalue weighted by molar-refractivity contribution is 0.197. The van der Waals surface area contributed by atoms with Gasteiger partial charge in [0.15, 0.2) is 5.82 Å². The predicted octanol–water partition coefficient (Wildman–Crippen LogP) is 4.16. The van der Waals surface area contributed by atoms with Gasteiger partial charge in [-0.25, -0.2) is 4.68 Å². The van der Waals surface area contributed by atoms with Crippen LogP contribution in [0.1, 0.15) is 60.3 Å². The molecule has 1 saturated heterocycles. The highest BCUT2D eigenvalue weighted by atomic mass is 16.1. The lowest BCUT2D eigenvalue weighted by Crippen LogP contribution is -2.49. The molecule has 1 N–H and O–H groups in total. The van der Waals surface area contributed by atoms with Crippen molar-refractivity contribution in [2.24, 2.45) is 0 Å². The minimum Gasteiger partial charge on any atom is -0.369 e. The summed E-state index contributed by atoms with van der Waals surface area (Å²) in [4.78, 5) is 21.6. The Morgan fingerprint density at radius 3 is 2.47 bits per heavy atom. The summed E-state index contributed by atoms with van der Waals surface area (Å²) < 4.78 is 2.01. The first-order chi connectivity index (χ1) is 17.6. The molecule has 0 unspecified atom stereocenters. The molecule has 1 aliphatic heterocycles. The predicted molar refractivity (Wildman–Crippen MR) is 141 cm³/mol. The van der Waals surface area contributed by atoms with Crippen LogP contribution < -0.4 is 10.5 Å². The smallest absolute Gasteiger partial charge is 0.253 e. The van der Waals surface area contributed by atoms with Crippen LogP contribution in [-0.2, 0) is 0 Å². The van der Waals surface area contributed by atoms with Crippen molar-refractivity contribution in [1.29, 1.82) is 0 Å². The number of anilines is 1. The first-order valence-corrected chi connectivity index (χ1v) is 13.0. The Kier molecular flexibility index (Phi) is 6.05. The second kappa shape index (κ2) is 9.50. The number of aromatic amines is 1. The number of hydrogen-bond acceptors (Lipinski definition) is 6. The molecule has 0 radical (unpaired) electrons. The molecule has 8 nitrogen and oxygen atoms in total. The molecule has 3 heterocycles. The van der Waals surface area contributed by atoms with E-state index in [0.29, 0.717) is 11.6 Å². The maximum atomic E-state index is 13.6. The molecule has 36 heavy (non-hydrogen) atoms. The molecule has 0 bridgehead atoms. The van der Waals surface area contributed by atoms with Crippen LogP contribution in [0.5, 0.6) is 0 Å². The van der Waals surface area contributed by atoms with Gasteiger partial charge in [0.25, 0.3) is 5.56 Å². The largest absolute Gasteiger partial charge is 0.369 e. The number of aromatic nitrogens is 5. The first-order valence-electron chi connectivity index (χ1n) is 13.0. The number of tetrazole rings is 1. The number of benzene rings is 2. The molecule has 0 spiro atoms. The minimum absolute atomic E-state index is 0.0624. The fourth-order valence-corrected chi connectivity index (χ4v) is 5.91.